The number of nitrogens with one attached hydrogen (secondary N) is 2. The van der Waals surface area contributed by atoms with Crippen LogP contribution in [0.25, 0.3) is 0 Å². The summed E-state index contributed by atoms with van der Waals surface area (Å²) in [4.78, 5) is 15.9. The van der Waals surface area contributed by atoms with E-state index in [9.17, 15) is 4.79 Å². The first-order chi connectivity index (χ1) is 11.4. The van der Waals surface area contributed by atoms with E-state index in [0.29, 0.717) is 6.42 Å². The molecule has 3 rings (SSSR count). The van der Waals surface area contributed by atoms with Crippen LogP contribution >= 0.6 is 0 Å². The van der Waals surface area contributed by atoms with Crippen LogP contribution in [-0.4, -0.2) is 50.1 Å². The predicted molar refractivity (Wildman–Crippen MR) is 94.3 cm³/mol. The van der Waals surface area contributed by atoms with E-state index in [-0.39, 0.29) is 18.0 Å². The summed E-state index contributed by atoms with van der Waals surface area (Å²) in [6.45, 7) is 3.90. The van der Waals surface area contributed by atoms with Crippen molar-refractivity contribution in [3.63, 3.8) is 0 Å². The molecular formula is C18H26N4O2. The maximum absolute atomic E-state index is 12.2. The standard InChI is InChI=1S/C18H26N4O2/c1-18(11-16(23)21(2)17(19)20-18)13-6-4-7-14(10-13)22-9-5-8-15(12-22)24-3/h4,6-7,10,15H,5,8-9,11-12H2,1-3H3,(H2,19,20)/t15?,18-/m0/s1. The maximum Gasteiger partial charge on any atom is 0.231 e. The molecule has 2 fully saturated rings. The van der Waals surface area contributed by atoms with Crippen LogP contribution in [0.15, 0.2) is 24.3 Å². The third-order valence-electron chi connectivity index (χ3n) is 5.17. The lowest BCUT2D eigenvalue weighted by molar-refractivity contribution is -0.129. The van der Waals surface area contributed by atoms with E-state index in [1.807, 2.05) is 19.1 Å². The molecule has 2 saturated heterocycles. The van der Waals surface area contributed by atoms with E-state index < -0.39 is 5.54 Å². The smallest absolute Gasteiger partial charge is 0.231 e. The monoisotopic (exact) mass is 330 g/mol. The van der Waals surface area contributed by atoms with Crippen LogP contribution < -0.4 is 10.2 Å². The second-order valence-electron chi connectivity index (χ2n) is 6.93. The van der Waals surface area contributed by atoms with Gasteiger partial charge in [-0.2, -0.15) is 0 Å². The van der Waals surface area contributed by atoms with Gasteiger partial charge in [-0.25, -0.2) is 0 Å². The zero-order valence-corrected chi connectivity index (χ0v) is 14.6. The maximum atomic E-state index is 12.2. The summed E-state index contributed by atoms with van der Waals surface area (Å²) < 4.78 is 5.52. The van der Waals surface area contributed by atoms with Gasteiger partial charge in [0.25, 0.3) is 0 Å². The van der Waals surface area contributed by atoms with Gasteiger partial charge in [-0.1, -0.05) is 12.1 Å². The van der Waals surface area contributed by atoms with Crippen molar-refractivity contribution in [3.05, 3.63) is 29.8 Å². The molecule has 130 valence electrons. The second-order valence-corrected chi connectivity index (χ2v) is 6.93. The van der Waals surface area contributed by atoms with Gasteiger partial charge in [-0.05, 0) is 37.5 Å². The molecule has 1 aromatic carbocycles. The average molecular weight is 330 g/mol. The third kappa shape index (κ3) is 3.11. The Labute approximate surface area is 143 Å². The van der Waals surface area contributed by atoms with Crippen molar-refractivity contribution in [2.45, 2.75) is 37.8 Å². The van der Waals surface area contributed by atoms with Gasteiger partial charge in [-0.15, -0.1) is 0 Å². The van der Waals surface area contributed by atoms with Crippen molar-refractivity contribution in [2.24, 2.45) is 0 Å². The number of benzene rings is 1. The average Bonchev–Trinajstić information content (AvgIpc) is 2.60. The Morgan fingerprint density at radius 3 is 2.92 bits per heavy atom. The first-order valence-corrected chi connectivity index (χ1v) is 8.44. The van der Waals surface area contributed by atoms with Gasteiger partial charge in [0, 0.05) is 32.9 Å². The van der Waals surface area contributed by atoms with E-state index in [1.165, 1.54) is 4.90 Å². The Morgan fingerprint density at radius 2 is 2.21 bits per heavy atom. The van der Waals surface area contributed by atoms with Gasteiger partial charge < -0.3 is 15.0 Å². The summed E-state index contributed by atoms with van der Waals surface area (Å²) in [6.07, 6.45) is 2.83. The van der Waals surface area contributed by atoms with Crippen molar-refractivity contribution in [1.82, 2.24) is 10.2 Å². The molecule has 0 bridgehead atoms. The predicted octanol–water partition coefficient (Wildman–Crippen LogP) is 1.90. The highest BCUT2D eigenvalue weighted by atomic mass is 16.5. The van der Waals surface area contributed by atoms with E-state index in [2.05, 4.69) is 22.3 Å². The minimum atomic E-state index is -0.548. The molecule has 0 aliphatic carbocycles. The second kappa shape index (κ2) is 6.43. The van der Waals surface area contributed by atoms with E-state index in [4.69, 9.17) is 10.1 Å². The lowest BCUT2D eigenvalue weighted by Crippen LogP contribution is -2.58. The minimum absolute atomic E-state index is 0.0379. The molecule has 2 atom stereocenters. The Morgan fingerprint density at radius 1 is 1.42 bits per heavy atom. The Bertz CT molecular complexity index is 628. The SMILES string of the molecule is COC1CCCN(c2cccc([C@]3(C)CC(=O)N(C)C(=N)N3)c2)C1. The molecule has 6 nitrogen and oxygen atoms in total. The minimum Gasteiger partial charge on any atom is -0.380 e. The highest BCUT2D eigenvalue weighted by Gasteiger charge is 2.38. The van der Waals surface area contributed by atoms with Crippen LogP contribution in [0.3, 0.4) is 0 Å². The van der Waals surface area contributed by atoms with Gasteiger partial charge in [0.05, 0.1) is 18.1 Å². The van der Waals surface area contributed by atoms with Crippen molar-refractivity contribution in [3.8, 4) is 0 Å². The number of piperidine rings is 1. The molecule has 2 aliphatic heterocycles. The van der Waals surface area contributed by atoms with Crippen molar-refractivity contribution in [1.29, 1.82) is 5.41 Å². The van der Waals surface area contributed by atoms with E-state index >= 15 is 0 Å². The Hall–Kier alpha value is -2.08. The fraction of sp³-hybridized carbons (Fsp3) is 0.556. The summed E-state index contributed by atoms with van der Waals surface area (Å²) in [6, 6.07) is 8.30. The third-order valence-corrected chi connectivity index (χ3v) is 5.17. The summed E-state index contributed by atoms with van der Waals surface area (Å²) >= 11 is 0. The summed E-state index contributed by atoms with van der Waals surface area (Å²) in [5.74, 6) is 0.112. The highest BCUT2D eigenvalue weighted by molar-refractivity contribution is 5.98. The zero-order chi connectivity index (χ0) is 17.3. The molecule has 1 unspecified atom stereocenters. The van der Waals surface area contributed by atoms with E-state index in [0.717, 1.165) is 37.2 Å². The van der Waals surface area contributed by atoms with Crippen LogP contribution in [0.4, 0.5) is 5.69 Å². The lowest BCUT2D eigenvalue weighted by atomic mass is 9.86. The van der Waals surface area contributed by atoms with Crippen LogP contribution in [0, 0.1) is 5.41 Å². The quantitative estimate of drug-likeness (QED) is 0.888. The largest absolute Gasteiger partial charge is 0.380 e. The molecular weight excluding hydrogens is 304 g/mol. The molecule has 1 aromatic rings. The van der Waals surface area contributed by atoms with E-state index in [1.54, 1.807) is 14.2 Å². The Balaban J connectivity index is 1.85. The van der Waals surface area contributed by atoms with Crippen molar-refractivity contribution < 1.29 is 9.53 Å². The molecule has 0 saturated carbocycles. The van der Waals surface area contributed by atoms with Gasteiger partial charge in [-0.3, -0.25) is 15.1 Å². The van der Waals surface area contributed by atoms with Crippen molar-refractivity contribution in [2.75, 3.05) is 32.1 Å². The number of rotatable bonds is 3. The number of nitrogens with zero attached hydrogens (tertiary/aromatic N) is 2. The van der Waals surface area contributed by atoms with Gasteiger partial charge in [0.1, 0.15) is 0 Å². The number of hydrogen-bond acceptors (Lipinski definition) is 4. The number of hydrogen-bond donors (Lipinski definition) is 2. The number of ether oxygens (including phenoxy) is 1. The number of anilines is 1. The zero-order valence-electron chi connectivity index (χ0n) is 14.6. The topological polar surface area (TPSA) is 68.7 Å². The van der Waals surface area contributed by atoms with Gasteiger partial charge in [0.15, 0.2) is 5.96 Å². The van der Waals surface area contributed by atoms with Crippen molar-refractivity contribution >= 4 is 17.6 Å². The number of carbonyl (C=O) groups excluding carboxylic acids is 1. The van der Waals surface area contributed by atoms with Crippen LogP contribution in [0.2, 0.25) is 0 Å². The van der Waals surface area contributed by atoms with Crippen LogP contribution in [0.5, 0.6) is 0 Å². The lowest BCUT2D eigenvalue weighted by Gasteiger charge is -2.40. The first kappa shape index (κ1) is 16.8. The molecule has 24 heavy (non-hydrogen) atoms. The van der Waals surface area contributed by atoms with Gasteiger partial charge in [0.2, 0.25) is 5.91 Å². The van der Waals surface area contributed by atoms with Crippen LogP contribution in [0.1, 0.15) is 31.7 Å². The number of carbonyl (C=O) groups is 1. The number of guanidine groups is 1. The molecule has 6 heteroatoms. The molecule has 1 amide bonds. The number of amides is 1. The fourth-order valence-corrected chi connectivity index (χ4v) is 3.52. The molecule has 0 radical (unpaired) electrons. The summed E-state index contributed by atoms with van der Waals surface area (Å²) in [7, 11) is 3.40. The summed E-state index contributed by atoms with van der Waals surface area (Å²) in [5.41, 5.74) is 1.63. The van der Waals surface area contributed by atoms with Crippen LogP contribution in [-0.2, 0) is 15.1 Å². The highest BCUT2D eigenvalue weighted by Crippen LogP contribution is 2.32. The fourth-order valence-electron chi connectivity index (χ4n) is 3.52. The normalized spacial score (nSPS) is 28.0. The molecule has 2 heterocycles. The molecule has 2 aliphatic rings. The molecule has 0 spiro atoms. The summed E-state index contributed by atoms with van der Waals surface area (Å²) in [5, 5.41) is 11.2. The first-order valence-electron chi connectivity index (χ1n) is 8.44. The molecule has 2 N–H and O–H groups in total. The van der Waals surface area contributed by atoms with Gasteiger partial charge >= 0.3 is 0 Å². The number of methoxy groups -OCH3 is 1. The Kier molecular flexibility index (Phi) is 4.49. The molecule has 0 aromatic heterocycles.